The molecule has 1 saturated heterocycles. The van der Waals surface area contributed by atoms with E-state index in [4.69, 9.17) is 0 Å². The number of hydrogen-bond acceptors (Lipinski definition) is 2. The van der Waals surface area contributed by atoms with Crippen LogP contribution in [0.4, 0.5) is 0 Å². The van der Waals surface area contributed by atoms with Gasteiger partial charge in [-0.1, -0.05) is 50.6 Å². The summed E-state index contributed by atoms with van der Waals surface area (Å²) in [6.07, 6.45) is 4.06. The molecule has 0 spiro atoms. The van der Waals surface area contributed by atoms with Crippen LogP contribution in [0, 0.1) is 18.3 Å². The lowest BCUT2D eigenvalue weighted by molar-refractivity contribution is -0.123. The summed E-state index contributed by atoms with van der Waals surface area (Å²) in [5, 5.41) is 6.67. The molecule has 2 N–H and O–H groups in total. The molecule has 0 saturated carbocycles. The van der Waals surface area contributed by atoms with Crippen molar-refractivity contribution in [1.82, 2.24) is 10.6 Å². The van der Waals surface area contributed by atoms with Crippen molar-refractivity contribution in [2.75, 3.05) is 13.1 Å². The Morgan fingerprint density at radius 2 is 1.96 bits per heavy atom. The fourth-order valence-corrected chi connectivity index (χ4v) is 3.39. The number of piperidine rings is 1. The Balaban J connectivity index is 0.00000288. The van der Waals surface area contributed by atoms with E-state index >= 15 is 0 Å². The van der Waals surface area contributed by atoms with Crippen LogP contribution >= 0.6 is 12.4 Å². The Morgan fingerprint density at radius 1 is 1.29 bits per heavy atom. The van der Waals surface area contributed by atoms with Crippen molar-refractivity contribution in [3.63, 3.8) is 0 Å². The van der Waals surface area contributed by atoms with E-state index < -0.39 is 0 Å². The summed E-state index contributed by atoms with van der Waals surface area (Å²) < 4.78 is 0. The van der Waals surface area contributed by atoms with Crippen LogP contribution in [0.2, 0.25) is 0 Å². The Hall–Kier alpha value is -1.06. The molecule has 136 valence electrons. The van der Waals surface area contributed by atoms with Crippen LogP contribution in [0.1, 0.15) is 63.6 Å². The van der Waals surface area contributed by atoms with Crippen molar-refractivity contribution in [2.24, 2.45) is 11.3 Å². The Bertz CT molecular complexity index is 519. The minimum absolute atomic E-state index is 0. The van der Waals surface area contributed by atoms with Gasteiger partial charge in [-0.15, -0.1) is 12.4 Å². The van der Waals surface area contributed by atoms with Crippen molar-refractivity contribution in [1.29, 1.82) is 0 Å². The summed E-state index contributed by atoms with van der Waals surface area (Å²) in [5.74, 6) is 0.888. The molecule has 1 atom stereocenters. The number of halogens is 1. The first-order valence-corrected chi connectivity index (χ1v) is 8.93. The van der Waals surface area contributed by atoms with Gasteiger partial charge in [-0.2, -0.15) is 0 Å². The molecule has 1 aromatic rings. The number of carbonyl (C=O) groups excluding carboxylic acids is 1. The molecule has 1 aromatic carbocycles. The zero-order valence-electron chi connectivity index (χ0n) is 15.5. The van der Waals surface area contributed by atoms with E-state index in [1.807, 2.05) is 0 Å². The monoisotopic (exact) mass is 352 g/mol. The number of benzene rings is 1. The number of amides is 1. The summed E-state index contributed by atoms with van der Waals surface area (Å²) in [6.45, 7) is 10.9. The normalized spacial score (nSPS) is 17.0. The van der Waals surface area contributed by atoms with Gasteiger partial charge in [0, 0.05) is 6.42 Å². The number of aryl methyl sites for hydroxylation is 1. The van der Waals surface area contributed by atoms with E-state index in [0.717, 1.165) is 19.5 Å². The minimum Gasteiger partial charge on any atom is -0.349 e. The maximum atomic E-state index is 12.5. The van der Waals surface area contributed by atoms with Crippen molar-refractivity contribution >= 4 is 18.3 Å². The third-order valence-corrected chi connectivity index (χ3v) is 4.79. The average molecular weight is 353 g/mol. The standard InChI is InChI=1S/C20H32N2O.ClH/c1-15-6-5-7-17(14-15)19(20(2,3)4)22-18(23)9-8-16-10-12-21-13-11-16;/h5-7,14,16,19,21H,8-13H2,1-4H3,(H,22,23);1H. The molecular formula is C20H33ClN2O. The van der Waals surface area contributed by atoms with Crippen LogP contribution < -0.4 is 10.6 Å². The SMILES string of the molecule is Cc1cccc(C(NC(=O)CCC2CCNCC2)C(C)(C)C)c1.Cl. The highest BCUT2D eigenvalue weighted by atomic mass is 35.5. The highest BCUT2D eigenvalue weighted by molar-refractivity contribution is 5.85. The molecular weight excluding hydrogens is 320 g/mol. The van der Waals surface area contributed by atoms with Gasteiger partial charge < -0.3 is 10.6 Å². The molecule has 1 aliphatic rings. The van der Waals surface area contributed by atoms with Gasteiger partial charge in [0.05, 0.1) is 6.04 Å². The lowest BCUT2D eigenvalue weighted by Gasteiger charge is -2.32. The van der Waals surface area contributed by atoms with Crippen LogP contribution in [0.15, 0.2) is 24.3 Å². The van der Waals surface area contributed by atoms with Gasteiger partial charge in [0.2, 0.25) is 5.91 Å². The van der Waals surface area contributed by atoms with E-state index in [-0.39, 0.29) is 29.8 Å². The third kappa shape index (κ3) is 6.45. The lowest BCUT2D eigenvalue weighted by Crippen LogP contribution is -2.37. The molecule has 2 rings (SSSR count). The van der Waals surface area contributed by atoms with Crippen LogP contribution in [0.5, 0.6) is 0 Å². The number of carbonyl (C=O) groups is 1. The predicted molar refractivity (Wildman–Crippen MR) is 104 cm³/mol. The summed E-state index contributed by atoms with van der Waals surface area (Å²) in [6, 6.07) is 8.54. The van der Waals surface area contributed by atoms with E-state index in [1.165, 1.54) is 24.0 Å². The second kappa shape index (κ2) is 9.43. The van der Waals surface area contributed by atoms with Crippen molar-refractivity contribution in [3.05, 3.63) is 35.4 Å². The highest BCUT2D eigenvalue weighted by Gasteiger charge is 2.28. The van der Waals surface area contributed by atoms with E-state index in [9.17, 15) is 4.79 Å². The third-order valence-electron chi connectivity index (χ3n) is 4.79. The second-order valence-corrected chi connectivity index (χ2v) is 8.01. The average Bonchev–Trinajstić information content (AvgIpc) is 2.50. The topological polar surface area (TPSA) is 41.1 Å². The highest BCUT2D eigenvalue weighted by Crippen LogP contribution is 2.33. The molecule has 1 fully saturated rings. The van der Waals surface area contributed by atoms with Gasteiger partial charge in [0.15, 0.2) is 0 Å². The molecule has 0 aromatic heterocycles. The Labute approximate surface area is 153 Å². The summed E-state index contributed by atoms with van der Waals surface area (Å²) in [7, 11) is 0. The predicted octanol–water partition coefficient (Wildman–Crippen LogP) is 4.40. The first-order valence-electron chi connectivity index (χ1n) is 8.93. The molecule has 1 heterocycles. The number of hydrogen-bond donors (Lipinski definition) is 2. The van der Waals surface area contributed by atoms with Gasteiger partial charge in [-0.05, 0) is 56.2 Å². The Kier molecular flexibility index (Phi) is 8.24. The van der Waals surface area contributed by atoms with Crippen LogP contribution in [0.25, 0.3) is 0 Å². The summed E-state index contributed by atoms with van der Waals surface area (Å²) in [4.78, 5) is 12.5. The quantitative estimate of drug-likeness (QED) is 0.824. The van der Waals surface area contributed by atoms with Crippen molar-refractivity contribution in [2.45, 2.75) is 59.4 Å². The molecule has 1 unspecified atom stereocenters. The molecule has 1 aliphatic heterocycles. The Morgan fingerprint density at radius 3 is 2.54 bits per heavy atom. The van der Waals surface area contributed by atoms with Crippen LogP contribution in [0.3, 0.4) is 0 Å². The van der Waals surface area contributed by atoms with Gasteiger partial charge >= 0.3 is 0 Å². The van der Waals surface area contributed by atoms with E-state index in [1.54, 1.807) is 0 Å². The van der Waals surface area contributed by atoms with E-state index in [2.05, 4.69) is 62.6 Å². The number of nitrogens with one attached hydrogen (secondary N) is 2. The maximum absolute atomic E-state index is 12.5. The summed E-state index contributed by atoms with van der Waals surface area (Å²) in [5.41, 5.74) is 2.44. The lowest BCUT2D eigenvalue weighted by atomic mass is 9.81. The van der Waals surface area contributed by atoms with Crippen molar-refractivity contribution in [3.8, 4) is 0 Å². The zero-order valence-corrected chi connectivity index (χ0v) is 16.3. The molecule has 0 bridgehead atoms. The molecule has 3 nitrogen and oxygen atoms in total. The van der Waals surface area contributed by atoms with E-state index in [0.29, 0.717) is 12.3 Å². The fourth-order valence-electron chi connectivity index (χ4n) is 3.39. The van der Waals surface area contributed by atoms with Gasteiger partial charge in [-0.25, -0.2) is 0 Å². The molecule has 1 amide bonds. The minimum atomic E-state index is -0.00177. The number of rotatable bonds is 5. The zero-order chi connectivity index (χ0) is 16.9. The smallest absolute Gasteiger partial charge is 0.220 e. The van der Waals surface area contributed by atoms with Gasteiger partial charge in [-0.3, -0.25) is 4.79 Å². The molecule has 4 heteroatoms. The van der Waals surface area contributed by atoms with Gasteiger partial charge in [0.1, 0.15) is 0 Å². The second-order valence-electron chi connectivity index (χ2n) is 8.01. The fraction of sp³-hybridized carbons (Fsp3) is 0.650. The molecule has 0 radical (unpaired) electrons. The van der Waals surface area contributed by atoms with Crippen LogP contribution in [-0.4, -0.2) is 19.0 Å². The maximum Gasteiger partial charge on any atom is 0.220 e. The first-order chi connectivity index (χ1) is 10.9. The first kappa shape index (κ1) is 21.0. The largest absolute Gasteiger partial charge is 0.349 e. The van der Waals surface area contributed by atoms with Crippen LogP contribution in [-0.2, 0) is 4.79 Å². The molecule has 24 heavy (non-hydrogen) atoms. The molecule has 0 aliphatic carbocycles. The summed E-state index contributed by atoms with van der Waals surface area (Å²) >= 11 is 0. The van der Waals surface area contributed by atoms with Crippen molar-refractivity contribution < 1.29 is 4.79 Å². The van der Waals surface area contributed by atoms with Gasteiger partial charge in [0.25, 0.3) is 0 Å².